The monoisotopic (exact) mass is 1900 g/mol. The lowest BCUT2D eigenvalue weighted by Crippen LogP contribution is -2.23. The number of ketones is 2. The molecule has 0 saturated heterocycles. The first kappa shape index (κ1) is 110. The van der Waals surface area contributed by atoms with Gasteiger partial charge in [0.2, 0.25) is 0 Å². The van der Waals surface area contributed by atoms with Crippen LogP contribution in [0.1, 0.15) is 248 Å². The lowest BCUT2D eigenvalue weighted by molar-refractivity contribution is -0.119. The molecule has 0 N–H and O–H groups in total. The number of Topliss-reactive ketones (excluding diaryl/α,β-unsaturated/α-hetero) is 2. The Morgan fingerprint density at radius 2 is 0.606 bits per heavy atom. The van der Waals surface area contributed by atoms with Crippen LogP contribution in [0.5, 0.6) is 17.2 Å². The predicted octanol–water partition coefficient (Wildman–Crippen LogP) is 27.3. The topological polar surface area (TPSA) is 229 Å². The summed E-state index contributed by atoms with van der Waals surface area (Å²) >= 11 is 0. The van der Waals surface area contributed by atoms with Crippen molar-refractivity contribution in [1.29, 1.82) is 0 Å². The molecular formula is C123H147N13O6. The molecule has 0 aliphatic carbocycles. The summed E-state index contributed by atoms with van der Waals surface area (Å²) in [5.74, 6) is 4.66. The zero-order valence-electron chi connectivity index (χ0n) is 85.3. The van der Waals surface area contributed by atoms with Crippen LogP contribution in [0.4, 0.5) is 0 Å². The van der Waals surface area contributed by atoms with Gasteiger partial charge in [0.25, 0.3) is 0 Å². The van der Waals surface area contributed by atoms with Crippen molar-refractivity contribution >= 4 is 11.6 Å². The molecule has 15 aromatic rings. The summed E-state index contributed by atoms with van der Waals surface area (Å²) < 4.78 is 22.4. The van der Waals surface area contributed by atoms with Gasteiger partial charge in [0.05, 0.1) is 122 Å². The van der Waals surface area contributed by atoms with Crippen molar-refractivity contribution in [3.05, 3.63) is 389 Å². The van der Waals surface area contributed by atoms with E-state index in [9.17, 15) is 9.59 Å². The minimum atomic E-state index is 0. The van der Waals surface area contributed by atoms with Crippen molar-refractivity contribution in [2.45, 2.75) is 228 Å². The molecule has 0 amide bonds. The number of benzene rings is 8. The molecular weight excluding hydrogens is 1760 g/mol. The summed E-state index contributed by atoms with van der Waals surface area (Å²) in [4.78, 5) is 81.4. The van der Waals surface area contributed by atoms with E-state index in [2.05, 4.69) is 247 Å². The van der Waals surface area contributed by atoms with E-state index in [1.54, 1.807) is 39.9 Å². The van der Waals surface area contributed by atoms with E-state index in [-0.39, 0.29) is 24.9 Å². The molecule has 142 heavy (non-hydrogen) atoms. The summed E-state index contributed by atoms with van der Waals surface area (Å²) in [6.07, 6.45) is 44.6. The molecule has 0 spiro atoms. The number of aromatic nitrogens is 12. The maximum Gasteiger partial charge on any atom is 0.151 e. The number of hydrogen-bond acceptors (Lipinski definition) is 19. The number of methoxy groups -OCH3 is 3. The van der Waals surface area contributed by atoms with Gasteiger partial charge in [-0.2, -0.15) is 0 Å². The third-order valence-corrected chi connectivity index (χ3v) is 25.1. The van der Waals surface area contributed by atoms with Crippen LogP contribution < -0.4 is 14.2 Å². The lowest BCUT2D eigenvalue weighted by atomic mass is 9.90. The van der Waals surface area contributed by atoms with E-state index in [4.69, 9.17) is 43.9 Å². The van der Waals surface area contributed by atoms with Crippen molar-refractivity contribution in [3.8, 4) is 73.5 Å². The average Bonchev–Trinajstić information content (AvgIpc) is 0.745. The molecule has 7 heterocycles. The van der Waals surface area contributed by atoms with Gasteiger partial charge in [-0.1, -0.05) is 277 Å². The van der Waals surface area contributed by atoms with Crippen LogP contribution in [-0.4, -0.2) is 131 Å². The number of pyridine rings is 2. The Balaban J connectivity index is 0.000000183. The van der Waals surface area contributed by atoms with E-state index in [1.165, 1.54) is 70.2 Å². The first-order chi connectivity index (χ1) is 69.0. The second-order valence-corrected chi connectivity index (χ2v) is 36.1. The zero-order chi connectivity index (χ0) is 99.7. The van der Waals surface area contributed by atoms with Crippen molar-refractivity contribution < 1.29 is 28.5 Å². The van der Waals surface area contributed by atoms with Crippen molar-refractivity contribution in [1.82, 2.24) is 64.7 Å². The number of ether oxygens (including phenoxy) is 4. The molecule has 8 aromatic carbocycles. The molecule has 7 aromatic heterocycles. The summed E-state index contributed by atoms with van der Waals surface area (Å²) in [6, 6.07) is 75.5. The minimum absolute atomic E-state index is 0. The summed E-state index contributed by atoms with van der Waals surface area (Å²) in [7, 11) is 8.76. The van der Waals surface area contributed by atoms with E-state index < -0.39 is 0 Å². The number of carbonyl (C=O) groups excluding carboxylic acids is 2. The van der Waals surface area contributed by atoms with Gasteiger partial charge in [-0.25, -0.2) is 24.9 Å². The molecule has 0 saturated carbocycles. The third kappa shape index (κ3) is 34.8. The number of nitrogens with zero attached hydrogens (tertiary/aromatic N) is 13. The molecule has 5 atom stereocenters. The largest absolute Gasteiger partial charge is 0.496 e. The second kappa shape index (κ2) is 60.3. The first-order valence-corrected chi connectivity index (χ1v) is 50.4. The number of likely N-dealkylation sites (N-methyl/N-ethyl adjacent to an activating group) is 1. The van der Waals surface area contributed by atoms with E-state index in [1.807, 2.05) is 156 Å². The fraction of sp³-hybridized carbons (Fsp3) is 0.350. The Morgan fingerprint density at radius 3 is 0.908 bits per heavy atom. The molecule has 740 valence electrons. The predicted molar refractivity (Wildman–Crippen MR) is 579 cm³/mol. The second-order valence-electron chi connectivity index (χ2n) is 36.1. The number of rotatable bonds is 45. The van der Waals surface area contributed by atoms with Gasteiger partial charge in [0.1, 0.15) is 23.0 Å². The highest BCUT2D eigenvalue weighted by Crippen LogP contribution is 2.36. The van der Waals surface area contributed by atoms with Crippen LogP contribution in [0, 0.1) is 0 Å². The van der Waals surface area contributed by atoms with Gasteiger partial charge in [-0.15, -0.1) is 0 Å². The van der Waals surface area contributed by atoms with Crippen molar-refractivity contribution in [2.75, 3.05) is 55.2 Å². The summed E-state index contributed by atoms with van der Waals surface area (Å²) in [6.45, 7) is 21.1. The van der Waals surface area contributed by atoms with Crippen molar-refractivity contribution in [2.24, 2.45) is 0 Å². The highest BCUT2D eigenvalue weighted by Gasteiger charge is 2.23. The van der Waals surface area contributed by atoms with Crippen LogP contribution in [0.25, 0.3) is 56.3 Å². The van der Waals surface area contributed by atoms with Crippen LogP contribution in [0.15, 0.2) is 305 Å². The van der Waals surface area contributed by atoms with Gasteiger partial charge in [0, 0.05) is 133 Å². The smallest absolute Gasteiger partial charge is 0.151 e. The number of hydrogen-bond donors (Lipinski definition) is 0. The lowest BCUT2D eigenvalue weighted by Gasteiger charge is -2.17. The van der Waals surface area contributed by atoms with Gasteiger partial charge in [0.15, 0.2) is 5.78 Å². The van der Waals surface area contributed by atoms with E-state index in [0.29, 0.717) is 74.2 Å². The van der Waals surface area contributed by atoms with E-state index in [0.717, 1.165) is 185 Å². The zero-order valence-corrected chi connectivity index (χ0v) is 85.3. The highest BCUT2D eigenvalue weighted by molar-refractivity contribution is 5.84. The Hall–Kier alpha value is -13.9. The van der Waals surface area contributed by atoms with E-state index >= 15 is 0 Å². The normalized spacial score (nSPS) is 11.9. The van der Waals surface area contributed by atoms with Crippen LogP contribution >= 0.6 is 0 Å². The molecule has 0 radical (unpaired) electrons. The average molecular weight is 1900 g/mol. The number of aryl methyl sites for hydroxylation is 3. The molecule has 19 nitrogen and oxygen atoms in total. The first-order valence-electron chi connectivity index (χ1n) is 50.4. The Kier molecular flexibility index (Phi) is 46.8. The molecule has 0 fully saturated rings. The minimum Gasteiger partial charge on any atom is -0.496 e. The van der Waals surface area contributed by atoms with Crippen LogP contribution in [-0.2, 0) is 78.5 Å². The maximum absolute atomic E-state index is 12.2. The Morgan fingerprint density at radius 1 is 0.303 bits per heavy atom. The van der Waals surface area contributed by atoms with Gasteiger partial charge < -0.3 is 23.8 Å². The molecule has 3 unspecified atom stereocenters. The van der Waals surface area contributed by atoms with Crippen molar-refractivity contribution in [3.63, 3.8) is 0 Å². The van der Waals surface area contributed by atoms with Gasteiger partial charge in [-0.3, -0.25) is 44.5 Å². The molecule has 15 rings (SSSR count). The molecule has 0 aliphatic heterocycles. The quantitative estimate of drug-likeness (QED) is 0.0345. The molecule has 0 aliphatic rings. The fourth-order valence-electron chi connectivity index (χ4n) is 17.7. The SMILES string of the molecule is C.CCCC(=O)Cc1ccc(-c2cncc(C[C@@H](COCC)c3ccccc3)n2)cc1OC.CCCC(Cc1cncc(-c2ccc(CC)c(OC)c2)n1)c1cccnc1.CCCC(Cc1cncc(-c2ccc(CC)cc2)n1)c1ccccc1.CCCC(Cc1cncc(-c2ccc(CC)cc2)n1)c1ccccc1.CCC[C@H](Cc1cncc(-c2ccc(CC(=O)CN(C)C)c(OC)c2)n1)c1cccnc1. The fourth-order valence-corrected chi connectivity index (χ4v) is 17.7. The third-order valence-electron chi connectivity index (χ3n) is 25.1. The highest BCUT2D eigenvalue weighted by atomic mass is 16.5. The summed E-state index contributed by atoms with van der Waals surface area (Å²) in [5.41, 5.74) is 26.8. The number of carbonyl (C=O) groups is 2. The standard InChI is InChI=1S/C27H32N2O3.C26H32N4O2.C23H27N3O.2C23H26N2.CH4/c1-4-9-25(30)15-22-13-12-21(16-27(22)31-3)26-18-28-17-24(29-26)14-23(19-32-5-2)20-10-7-6-8-11-20;1-5-7-19(22-8-6-11-27-15-22)12-23-16-28-17-25(29-23)20-9-10-21(26(14-20)32-4)13-24(31)18-30(2)3;1-4-7-18(20-8-6-11-24-14-20)12-21-15-25-16-22(26-21)19-10-9-17(5-2)23(13-19)27-3;2*1-3-8-21(19-9-6-5-7-10-19)15-22-16-24-17-23(25-22)20-13-11-18(4-2)12-14-20;/h6-8,10-13,16-18,23H,4-5,9,14-15,19H2,1-3H3;6,8-11,14-17,19H,5,7,12-13,18H2,1-4H3;6,8-11,13-16,18H,4-5,7,12H2,1-3H3;2*5-7,9-14,16-17,21H,3-4,8,15H2,1-2H3;1H4/t23-;19-;;;;/m01..../s1. The van der Waals surface area contributed by atoms with Gasteiger partial charge in [-0.05, 0) is 197 Å². The van der Waals surface area contributed by atoms with Crippen LogP contribution in [0.3, 0.4) is 0 Å². The van der Waals surface area contributed by atoms with Crippen LogP contribution in [0.2, 0.25) is 0 Å². The molecule has 0 bridgehead atoms. The Bertz CT molecular complexity index is 6060. The summed E-state index contributed by atoms with van der Waals surface area (Å²) in [5, 5.41) is 0. The molecule has 19 heteroatoms. The maximum atomic E-state index is 12.2. The van der Waals surface area contributed by atoms with Gasteiger partial charge >= 0.3 is 0 Å². The Labute approximate surface area is 845 Å².